The summed E-state index contributed by atoms with van der Waals surface area (Å²) in [5.74, 6) is 0. The lowest BCUT2D eigenvalue weighted by Crippen LogP contribution is -2.19. The van der Waals surface area contributed by atoms with Crippen molar-refractivity contribution < 1.29 is 0 Å². The SMILES string of the molecule is CNC(Cc1cn(C)nn1)c1cccc(N(C)C)c1. The zero-order valence-electron chi connectivity index (χ0n) is 12.0. The highest BCUT2D eigenvalue weighted by atomic mass is 15.4. The molecule has 1 heterocycles. The van der Waals surface area contributed by atoms with Crippen LogP contribution in [0.2, 0.25) is 0 Å². The molecule has 5 heteroatoms. The van der Waals surface area contributed by atoms with Crippen molar-refractivity contribution >= 4 is 5.69 Å². The highest BCUT2D eigenvalue weighted by Gasteiger charge is 2.13. The van der Waals surface area contributed by atoms with E-state index in [1.165, 1.54) is 11.3 Å². The molecule has 0 saturated carbocycles. The summed E-state index contributed by atoms with van der Waals surface area (Å²) in [4.78, 5) is 2.11. The molecule has 1 N–H and O–H groups in total. The molecule has 1 aromatic heterocycles. The van der Waals surface area contributed by atoms with Crippen LogP contribution in [0.25, 0.3) is 0 Å². The van der Waals surface area contributed by atoms with Gasteiger partial charge in [0.2, 0.25) is 0 Å². The maximum Gasteiger partial charge on any atom is 0.0845 e. The van der Waals surface area contributed by atoms with E-state index in [1.54, 1.807) is 4.68 Å². The number of anilines is 1. The van der Waals surface area contributed by atoms with Gasteiger partial charge in [-0.05, 0) is 24.7 Å². The number of benzene rings is 1. The lowest BCUT2D eigenvalue weighted by Gasteiger charge is -2.19. The van der Waals surface area contributed by atoms with Gasteiger partial charge in [0.05, 0.1) is 5.69 Å². The van der Waals surface area contributed by atoms with Crippen LogP contribution in [0.4, 0.5) is 5.69 Å². The molecule has 19 heavy (non-hydrogen) atoms. The van der Waals surface area contributed by atoms with Gasteiger partial charge < -0.3 is 10.2 Å². The minimum absolute atomic E-state index is 0.247. The van der Waals surface area contributed by atoms with Gasteiger partial charge >= 0.3 is 0 Å². The van der Waals surface area contributed by atoms with Gasteiger partial charge in [0, 0.05) is 45.5 Å². The van der Waals surface area contributed by atoms with Crippen molar-refractivity contribution in [1.82, 2.24) is 20.3 Å². The zero-order valence-corrected chi connectivity index (χ0v) is 12.0. The van der Waals surface area contributed by atoms with Gasteiger partial charge in [-0.1, -0.05) is 17.3 Å². The Balaban J connectivity index is 2.19. The highest BCUT2D eigenvalue weighted by molar-refractivity contribution is 5.48. The van der Waals surface area contributed by atoms with Crippen molar-refractivity contribution in [2.45, 2.75) is 12.5 Å². The van der Waals surface area contributed by atoms with E-state index in [-0.39, 0.29) is 6.04 Å². The van der Waals surface area contributed by atoms with E-state index in [0.717, 1.165) is 12.1 Å². The summed E-state index contributed by atoms with van der Waals surface area (Å²) in [6, 6.07) is 8.79. The fourth-order valence-corrected chi connectivity index (χ4v) is 2.10. The Morgan fingerprint density at radius 1 is 1.37 bits per heavy atom. The second kappa shape index (κ2) is 5.84. The number of likely N-dealkylation sites (N-methyl/N-ethyl adjacent to an activating group) is 1. The zero-order chi connectivity index (χ0) is 13.8. The van der Waals surface area contributed by atoms with Crippen molar-refractivity contribution in [1.29, 1.82) is 0 Å². The van der Waals surface area contributed by atoms with Gasteiger partial charge in [-0.3, -0.25) is 4.68 Å². The first-order valence-corrected chi connectivity index (χ1v) is 6.40. The topological polar surface area (TPSA) is 46.0 Å². The largest absolute Gasteiger partial charge is 0.378 e. The molecule has 0 aliphatic heterocycles. The molecule has 0 amide bonds. The second-order valence-corrected chi connectivity index (χ2v) is 4.92. The fraction of sp³-hybridized carbons (Fsp3) is 0.429. The number of nitrogens with zero attached hydrogens (tertiary/aromatic N) is 4. The number of nitrogens with one attached hydrogen (secondary N) is 1. The van der Waals surface area contributed by atoms with Crippen molar-refractivity contribution in [3.63, 3.8) is 0 Å². The van der Waals surface area contributed by atoms with Crippen molar-refractivity contribution in [2.75, 3.05) is 26.0 Å². The Morgan fingerprint density at radius 2 is 2.16 bits per heavy atom. The Labute approximate surface area is 114 Å². The molecule has 102 valence electrons. The molecular formula is C14H21N5. The van der Waals surface area contributed by atoms with E-state index < -0.39 is 0 Å². The molecule has 0 aliphatic rings. The average molecular weight is 259 g/mol. The van der Waals surface area contributed by atoms with Crippen LogP contribution in [0.15, 0.2) is 30.5 Å². The van der Waals surface area contributed by atoms with E-state index in [2.05, 4.69) is 58.9 Å². The molecule has 1 atom stereocenters. The molecule has 0 aliphatic carbocycles. The summed E-state index contributed by atoms with van der Waals surface area (Å²) >= 11 is 0. The standard InChI is InChI=1S/C14H21N5/c1-15-14(9-12-10-19(4)17-16-12)11-6-5-7-13(8-11)18(2)3/h5-8,10,14-15H,9H2,1-4H3. The van der Waals surface area contributed by atoms with Gasteiger partial charge in [0.1, 0.15) is 0 Å². The second-order valence-electron chi connectivity index (χ2n) is 4.92. The van der Waals surface area contributed by atoms with E-state index in [1.807, 2.05) is 20.3 Å². The summed E-state index contributed by atoms with van der Waals surface area (Å²) in [5, 5.41) is 11.5. The van der Waals surface area contributed by atoms with Crippen LogP contribution < -0.4 is 10.2 Å². The third kappa shape index (κ3) is 3.32. The third-order valence-corrected chi connectivity index (χ3v) is 3.20. The molecular weight excluding hydrogens is 238 g/mol. The molecule has 2 aromatic rings. The van der Waals surface area contributed by atoms with Crippen LogP contribution in [-0.4, -0.2) is 36.1 Å². The van der Waals surface area contributed by atoms with Crippen LogP contribution in [0.1, 0.15) is 17.3 Å². The Bertz CT molecular complexity index is 532. The predicted octanol–water partition coefficient (Wildman–Crippen LogP) is 1.38. The first kappa shape index (κ1) is 13.5. The quantitative estimate of drug-likeness (QED) is 0.881. The summed E-state index contributed by atoms with van der Waals surface area (Å²) in [7, 11) is 7.97. The van der Waals surface area contributed by atoms with Gasteiger partial charge in [-0.2, -0.15) is 0 Å². The molecule has 0 spiro atoms. The monoisotopic (exact) mass is 259 g/mol. The van der Waals surface area contributed by atoms with Crippen molar-refractivity contribution in [3.8, 4) is 0 Å². The van der Waals surface area contributed by atoms with Gasteiger partial charge in [0.15, 0.2) is 0 Å². The Kier molecular flexibility index (Phi) is 4.16. The number of aryl methyl sites for hydroxylation is 1. The normalized spacial score (nSPS) is 12.4. The van der Waals surface area contributed by atoms with Gasteiger partial charge in [-0.25, -0.2) is 0 Å². The molecule has 2 rings (SSSR count). The highest BCUT2D eigenvalue weighted by Crippen LogP contribution is 2.21. The van der Waals surface area contributed by atoms with Crippen LogP contribution >= 0.6 is 0 Å². The Hall–Kier alpha value is -1.88. The van der Waals surface area contributed by atoms with Gasteiger partial charge in [0.25, 0.3) is 0 Å². The molecule has 1 aromatic carbocycles. The van der Waals surface area contributed by atoms with Crippen LogP contribution in [0.5, 0.6) is 0 Å². The summed E-state index contributed by atoms with van der Waals surface area (Å²) in [5.41, 5.74) is 3.47. The van der Waals surface area contributed by atoms with Crippen LogP contribution in [0.3, 0.4) is 0 Å². The van der Waals surface area contributed by atoms with Crippen LogP contribution in [-0.2, 0) is 13.5 Å². The lowest BCUT2D eigenvalue weighted by molar-refractivity contribution is 0.583. The smallest absolute Gasteiger partial charge is 0.0845 e. The molecule has 0 bridgehead atoms. The molecule has 0 saturated heterocycles. The Morgan fingerprint density at radius 3 is 2.74 bits per heavy atom. The number of aromatic nitrogens is 3. The number of rotatable bonds is 5. The summed E-state index contributed by atoms with van der Waals surface area (Å²) < 4.78 is 1.73. The minimum Gasteiger partial charge on any atom is -0.378 e. The predicted molar refractivity (Wildman–Crippen MR) is 77.3 cm³/mol. The maximum atomic E-state index is 4.15. The van der Waals surface area contributed by atoms with Crippen molar-refractivity contribution in [2.24, 2.45) is 7.05 Å². The minimum atomic E-state index is 0.247. The lowest BCUT2D eigenvalue weighted by atomic mass is 10.0. The first-order valence-electron chi connectivity index (χ1n) is 6.40. The van der Waals surface area contributed by atoms with Crippen molar-refractivity contribution in [3.05, 3.63) is 41.7 Å². The van der Waals surface area contributed by atoms with E-state index in [9.17, 15) is 0 Å². The molecule has 0 fully saturated rings. The van der Waals surface area contributed by atoms with E-state index in [0.29, 0.717) is 0 Å². The molecule has 0 radical (unpaired) electrons. The average Bonchev–Trinajstić information content (AvgIpc) is 2.81. The summed E-state index contributed by atoms with van der Waals surface area (Å²) in [6.07, 6.45) is 2.79. The summed E-state index contributed by atoms with van der Waals surface area (Å²) in [6.45, 7) is 0. The fourth-order valence-electron chi connectivity index (χ4n) is 2.10. The molecule has 5 nitrogen and oxygen atoms in total. The first-order chi connectivity index (χ1) is 9.10. The van der Waals surface area contributed by atoms with Gasteiger partial charge in [-0.15, -0.1) is 5.10 Å². The van der Waals surface area contributed by atoms with E-state index >= 15 is 0 Å². The van der Waals surface area contributed by atoms with Crippen LogP contribution in [0, 0.1) is 0 Å². The number of hydrogen-bond donors (Lipinski definition) is 1. The third-order valence-electron chi connectivity index (χ3n) is 3.20. The van der Waals surface area contributed by atoms with E-state index in [4.69, 9.17) is 0 Å². The maximum absolute atomic E-state index is 4.15. The molecule has 1 unspecified atom stereocenters. The number of hydrogen-bond acceptors (Lipinski definition) is 4.